The van der Waals surface area contributed by atoms with Crippen molar-refractivity contribution in [3.8, 4) is 0 Å². The zero-order valence-corrected chi connectivity index (χ0v) is 10.7. The molecule has 0 bridgehead atoms. The number of aryl methyl sites for hydroxylation is 1. The van der Waals surface area contributed by atoms with Crippen LogP contribution < -0.4 is 5.32 Å². The summed E-state index contributed by atoms with van der Waals surface area (Å²) in [7, 11) is 0. The molecule has 2 nitrogen and oxygen atoms in total. The summed E-state index contributed by atoms with van der Waals surface area (Å²) in [4.78, 5) is 11.7. The van der Waals surface area contributed by atoms with Crippen molar-refractivity contribution in [2.24, 2.45) is 0 Å². The number of rotatable bonds is 5. The molecule has 1 aromatic rings. The van der Waals surface area contributed by atoms with E-state index in [1.807, 2.05) is 20.8 Å². The number of nitrogens with one attached hydrogen (secondary N) is 1. The monoisotopic (exact) mass is 237 g/mol. The second-order valence-corrected chi connectivity index (χ2v) is 4.91. The first kappa shape index (κ1) is 13.7. The SMILES string of the molecule is CCC(C)(C)NC(=O)CCc1ccc(F)cc1. The zero-order chi connectivity index (χ0) is 12.9. The molecule has 1 amide bonds. The molecule has 1 aromatic carbocycles. The fourth-order valence-corrected chi connectivity index (χ4v) is 1.44. The number of hydrogen-bond donors (Lipinski definition) is 1. The number of benzene rings is 1. The van der Waals surface area contributed by atoms with Gasteiger partial charge in [0.25, 0.3) is 0 Å². The second kappa shape index (κ2) is 5.80. The van der Waals surface area contributed by atoms with E-state index in [0.717, 1.165) is 12.0 Å². The lowest BCUT2D eigenvalue weighted by molar-refractivity contribution is -0.122. The number of amides is 1. The Labute approximate surface area is 102 Å². The van der Waals surface area contributed by atoms with E-state index in [9.17, 15) is 9.18 Å². The van der Waals surface area contributed by atoms with E-state index in [4.69, 9.17) is 0 Å². The number of carbonyl (C=O) groups excluding carboxylic acids is 1. The maximum absolute atomic E-state index is 12.7. The Morgan fingerprint density at radius 3 is 2.41 bits per heavy atom. The van der Waals surface area contributed by atoms with Crippen molar-refractivity contribution in [2.45, 2.75) is 45.6 Å². The number of halogens is 1. The summed E-state index contributed by atoms with van der Waals surface area (Å²) in [6.07, 6.45) is 1.98. The van der Waals surface area contributed by atoms with Crippen LogP contribution in [0.4, 0.5) is 4.39 Å². The Morgan fingerprint density at radius 2 is 1.88 bits per heavy atom. The molecule has 1 rings (SSSR count). The Bertz CT molecular complexity index is 370. The van der Waals surface area contributed by atoms with Crippen molar-refractivity contribution in [1.29, 1.82) is 0 Å². The Hall–Kier alpha value is -1.38. The highest BCUT2D eigenvalue weighted by atomic mass is 19.1. The molecule has 0 heterocycles. The highest BCUT2D eigenvalue weighted by molar-refractivity contribution is 5.76. The van der Waals surface area contributed by atoms with E-state index >= 15 is 0 Å². The van der Waals surface area contributed by atoms with E-state index < -0.39 is 0 Å². The summed E-state index contributed by atoms with van der Waals surface area (Å²) in [6, 6.07) is 6.27. The first-order valence-corrected chi connectivity index (χ1v) is 5.98. The molecule has 0 saturated carbocycles. The molecule has 0 aliphatic rings. The third-order valence-corrected chi connectivity index (χ3v) is 2.92. The number of hydrogen-bond acceptors (Lipinski definition) is 1. The van der Waals surface area contributed by atoms with Crippen LogP contribution in [0.2, 0.25) is 0 Å². The van der Waals surface area contributed by atoms with Crippen LogP contribution in [0.15, 0.2) is 24.3 Å². The molecule has 3 heteroatoms. The third kappa shape index (κ3) is 4.98. The van der Waals surface area contributed by atoms with E-state index in [1.165, 1.54) is 12.1 Å². The summed E-state index contributed by atoms with van der Waals surface area (Å²) in [5, 5.41) is 2.97. The topological polar surface area (TPSA) is 29.1 Å². The van der Waals surface area contributed by atoms with E-state index in [0.29, 0.717) is 12.8 Å². The van der Waals surface area contributed by atoms with Gasteiger partial charge in [-0.1, -0.05) is 19.1 Å². The Balaban J connectivity index is 2.41. The lowest BCUT2D eigenvalue weighted by Crippen LogP contribution is -2.42. The van der Waals surface area contributed by atoms with Crippen LogP contribution in [0.5, 0.6) is 0 Å². The van der Waals surface area contributed by atoms with Crippen molar-refractivity contribution >= 4 is 5.91 Å². The first-order chi connectivity index (χ1) is 7.93. The summed E-state index contributed by atoms with van der Waals surface area (Å²) in [5.74, 6) is -0.202. The lowest BCUT2D eigenvalue weighted by Gasteiger charge is -2.24. The maximum Gasteiger partial charge on any atom is 0.220 e. The van der Waals surface area contributed by atoms with Crippen molar-refractivity contribution in [3.05, 3.63) is 35.6 Å². The van der Waals surface area contributed by atoms with Gasteiger partial charge in [-0.25, -0.2) is 4.39 Å². The Kier molecular flexibility index (Phi) is 4.67. The summed E-state index contributed by atoms with van der Waals surface area (Å²) in [6.45, 7) is 6.05. The van der Waals surface area contributed by atoms with Gasteiger partial charge in [-0.3, -0.25) is 4.79 Å². The van der Waals surface area contributed by atoms with E-state index in [-0.39, 0.29) is 17.3 Å². The molecule has 0 atom stereocenters. The molecule has 0 aromatic heterocycles. The highest BCUT2D eigenvalue weighted by Crippen LogP contribution is 2.09. The third-order valence-electron chi connectivity index (χ3n) is 2.92. The molecule has 17 heavy (non-hydrogen) atoms. The van der Waals surface area contributed by atoms with Gasteiger partial charge in [0, 0.05) is 12.0 Å². The second-order valence-electron chi connectivity index (χ2n) is 4.91. The van der Waals surface area contributed by atoms with Crippen LogP contribution in [0.25, 0.3) is 0 Å². The van der Waals surface area contributed by atoms with Gasteiger partial charge in [0.2, 0.25) is 5.91 Å². The van der Waals surface area contributed by atoms with Crippen LogP contribution in [0.1, 0.15) is 39.2 Å². The first-order valence-electron chi connectivity index (χ1n) is 5.98. The van der Waals surface area contributed by atoms with Crippen LogP contribution in [-0.4, -0.2) is 11.4 Å². The molecule has 0 aliphatic heterocycles. The van der Waals surface area contributed by atoms with Crippen LogP contribution in [-0.2, 0) is 11.2 Å². The van der Waals surface area contributed by atoms with Crippen LogP contribution in [0, 0.1) is 5.82 Å². The quantitative estimate of drug-likeness (QED) is 0.837. The van der Waals surface area contributed by atoms with Crippen LogP contribution in [0.3, 0.4) is 0 Å². The summed E-state index contributed by atoms with van der Waals surface area (Å²) < 4.78 is 12.7. The fraction of sp³-hybridized carbons (Fsp3) is 0.500. The van der Waals surface area contributed by atoms with E-state index in [2.05, 4.69) is 5.32 Å². The molecule has 0 spiro atoms. The minimum absolute atomic E-state index is 0.0428. The lowest BCUT2D eigenvalue weighted by atomic mass is 10.0. The molecule has 94 valence electrons. The Morgan fingerprint density at radius 1 is 1.29 bits per heavy atom. The van der Waals surface area contributed by atoms with Gasteiger partial charge in [-0.05, 0) is 44.4 Å². The minimum atomic E-state index is -0.245. The average molecular weight is 237 g/mol. The largest absolute Gasteiger partial charge is 0.351 e. The number of carbonyl (C=O) groups is 1. The smallest absolute Gasteiger partial charge is 0.220 e. The molecule has 1 N–H and O–H groups in total. The standard InChI is InChI=1S/C14H20FNO/c1-4-14(2,3)16-13(17)10-7-11-5-8-12(15)9-6-11/h5-6,8-9H,4,7,10H2,1-3H3,(H,16,17). The predicted octanol–water partition coefficient (Wildman–Crippen LogP) is 3.06. The van der Waals surface area contributed by atoms with Crippen LogP contribution >= 0.6 is 0 Å². The molecular formula is C14H20FNO. The predicted molar refractivity (Wildman–Crippen MR) is 67.2 cm³/mol. The van der Waals surface area contributed by atoms with Gasteiger partial charge in [-0.2, -0.15) is 0 Å². The summed E-state index contributed by atoms with van der Waals surface area (Å²) in [5.41, 5.74) is 0.829. The minimum Gasteiger partial charge on any atom is -0.351 e. The van der Waals surface area contributed by atoms with Gasteiger partial charge in [0.1, 0.15) is 5.82 Å². The average Bonchev–Trinajstić information content (AvgIpc) is 2.28. The van der Waals surface area contributed by atoms with E-state index in [1.54, 1.807) is 12.1 Å². The van der Waals surface area contributed by atoms with Gasteiger partial charge in [0.05, 0.1) is 0 Å². The molecular weight excluding hydrogens is 217 g/mol. The van der Waals surface area contributed by atoms with Gasteiger partial charge >= 0.3 is 0 Å². The van der Waals surface area contributed by atoms with Crippen molar-refractivity contribution < 1.29 is 9.18 Å². The van der Waals surface area contributed by atoms with Gasteiger partial charge in [0.15, 0.2) is 0 Å². The zero-order valence-electron chi connectivity index (χ0n) is 10.7. The van der Waals surface area contributed by atoms with Gasteiger partial charge < -0.3 is 5.32 Å². The van der Waals surface area contributed by atoms with Crippen molar-refractivity contribution in [3.63, 3.8) is 0 Å². The molecule has 0 fully saturated rings. The normalized spacial score (nSPS) is 11.3. The molecule has 0 unspecified atom stereocenters. The van der Waals surface area contributed by atoms with Crippen molar-refractivity contribution in [2.75, 3.05) is 0 Å². The van der Waals surface area contributed by atoms with Crippen molar-refractivity contribution in [1.82, 2.24) is 5.32 Å². The van der Waals surface area contributed by atoms with Gasteiger partial charge in [-0.15, -0.1) is 0 Å². The molecule has 0 aliphatic carbocycles. The maximum atomic E-state index is 12.7. The molecule has 0 saturated heterocycles. The molecule has 0 radical (unpaired) electrons. The fourth-order valence-electron chi connectivity index (χ4n) is 1.44. The summed E-state index contributed by atoms with van der Waals surface area (Å²) >= 11 is 0. The highest BCUT2D eigenvalue weighted by Gasteiger charge is 2.17.